The summed E-state index contributed by atoms with van der Waals surface area (Å²) in [6.07, 6.45) is 21.9. The summed E-state index contributed by atoms with van der Waals surface area (Å²) in [4.78, 5) is 27.7. The maximum atomic E-state index is 12.6. The van der Waals surface area contributed by atoms with E-state index in [1.54, 1.807) is 6.33 Å². The van der Waals surface area contributed by atoms with E-state index in [4.69, 9.17) is 9.84 Å². The van der Waals surface area contributed by atoms with Crippen molar-refractivity contribution in [2.45, 2.75) is 102 Å². The molecule has 0 spiro atoms. The summed E-state index contributed by atoms with van der Waals surface area (Å²) in [5.74, 6) is 1.10. The zero-order valence-electron chi connectivity index (χ0n) is 19.2. The Bertz CT molecular complexity index is 796. The first-order chi connectivity index (χ1) is 15.6. The summed E-state index contributed by atoms with van der Waals surface area (Å²) >= 11 is 0. The second-order valence-corrected chi connectivity index (χ2v) is 10.0. The molecule has 0 aromatic carbocycles. The van der Waals surface area contributed by atoms with Crippen LogP contribution in [0.2, 0.25) is 0 Å². The number of fused-ring (bicyclic) bond motifs is 2. The third-order valence-electron chi connectivity index (χ3n) is 7.77. The van der Waals surface area contributed by atoms with E-state index in [0.29, 0.717) is 36.5 Å². The standard InChI is InChI=1S/C26H38N2O4/c29-23(12-7-10-19-8-3-1-4-9-19)22-17-28(18-27-22)16-21-20(24-14-15-25(21)32-24)11-5-2-6-13-26(30)31/h2,5,17-21,24-25H,1,3-4,6-16H2,(H,30,31). The molecule has 0 amide bonds. The molecule has 2 aliphatic heterocycles. The predicted molar refractivity (Wildman–Crippen MR) is 122 cm³/mol. The molecule has 4 atom stereocenters. The SMILES string of the molecule is O=C(O)CCC=CCC1C2CCC(O2)C1Cn1cnc(C(=O)CCCC2CCCCC2)c1. The van der Waals surface area contributed by atoms with Gasteiger partial charge in [0.15, 0.2) is 5.78 Å². The van der Waals surface area contributed by atoms with Gasteiger partial charge in [-0.05, 0) is 43.9 Å². The van der Waals surface area contributed by atoms with Crippen LogP contribution in [0, 0.1) is 17.8 Å². The highest BCUT2D eigenvalue weighted by Crippen LogP contribution is 2.46. The van der Waals surface area contributed by atoms with Gasteiger partial charge in [0.05, 0.1) is 18.5 Å². The Labute approximate surface area is 191 Å². The zero-order chi connectivity index (χ0) is 22.3. The Balaban J connectivity index is 1.25. The van der Waals surface area contributed by atoms with Gasteiger partial charge < -0.3 is 14.4 Å². The molecule has 4 unspecified atom stereocenters. The quantitative estimate of drug-likeness (QED) is 0.345. The van der Waals surface area contributed by atoms with Gasteiger partial charge in [0.1, 0.15) is 5.69 Å². The number of carboxylic acid groups (broad SMARTS) is 1. The number of carbonyl (C=O) groups excluding carboxylic acids is 1. The van der Waals surface area contributed by atoms with E-state index in [-0.39, 0.29) is 18.3 Å². The Morgan fingerprint density at radius 1 is 1.06 bits per heavy atom. The lowest BCUT2D eigenvalue weighted by molar-refractivity contribution is -0.136. The molecular weight excluding hydrogens is 404 g/mol. The third-order valence-corrected chi connectivity index (χ3v) is 7.77. The molecule has 1 N–H and O–H groups in total. The summed E-state index contributed by atoms with van der Waals surface area (Å²) in [5, 5.41) is 8.78. The number of aromatic nitrogens is 2. The fraction of sp³-hybridized carbons (Fsp3) is 0.731. The van der Waals surface area contributed by atoms with Gasteiger partial charge in [-0.3, -0.25) is 9.59 Å². The van der Waals surface area contributed by atoms with E-state index < -0.39 is 5.97 Å². The molecule has 1 aromatic rings. The fourth-order valence-corrected chi connectivity index (χ4v) is 6.03. The lowest BCUT2D eigenvalue weighted by Gasteiger charge is -2.27. The molecule has 3 heterocycles. The molecule has 1 aliphatic carbocycles. The Morgan fingerprint density at radius 2 is 1.84 bits per heavy atom. The second kappa shape index (κ2) is 11.3. The average Bonchev–Trinajstić information content (AvgIpc) is 3.52. The second-order valence-electron chi connectivity index (χ2n) is 10.0. The number of rotatable bonds is 12. The fourth-order valence-electron chi connectivity index (χ4n) is 6.03. The molecule has 1 aromatic heterocycles. The Morgan fingerprint density at radius 3 is 2.62 bits per heavy atom. The number of hydrogen-bond acceptors (Lipinski definition) is 4. The van der Waals surface area contributed by atoms with Gasteiger partial charge >= 0.3 is 5.97 Å². The van der Waals surface area contributed by atoms with Crippen molar-refractivity contribution in [3.8, 4) is 0 Å². The number of nitrogens with zero attached hydrogens (tertiary/aromatic N) is 2. The first kappa shape index (κ1) is 23.2. The van der Waals surface area contributed by atoms with Crippen LogP contribution in [0.1, 0.15) is 94.0 Å². The van der Waals surface area contributed by atoms with Crippen molar-refractivity contribution < 1.29 is 19.4 Å². The zero-order valence-corrected chi connectivity index (χ0v) is 19.2. The molecule has 3 aliphatic rings. The topological polar surface area (TPSA) is 81.4 Å². The predicted octanol–water partition coefficient (Wildman–Crippen LogP) is 5.42. The van der Waals surface area contributed by atoms with Gasteiger partial charge in [-0.2, -0.15) is 0 Å². The lowest BCUT2D eigenvalue weighted by atomic mass is 9.77. The van der Waals surface area contributed by atoms with Gasteiger partial charge in [-0.1, -0.05) is 50.7 Å². The minimum atomic E-state index is -0.754. The molecule has 2 bridgehead atoms. The maximum Gasteiger partial charge on any atom is 0.303 e. The van der Waals surface area contributed by atoms with Gasteiger partial charge in [0, 0.05) is 31.5 Å². The van der Waals surface area contributed by atoms with Crippen LogP contribution in [0.25, 0.3) is 0 Å². The first-order valence-corrected chi connectivity index (χ1v) is 12.7. The van der Waals surface area contributed by atoms with Crippen LogP contribution in [0.15, 0.2) is 24.7 Å². The van der Waals surface area contributed by atoms with Crippen LogP contribution in [-0.4, -0.2) is 38.6 Å². The Kier molecular flexibility index (Phi) is 8.17. The van der Waals surface area contributed by atoms with E-state index in [0.717, 1.165) is 38.1 Å². The number of Topliss-reactive ketones (excluding diaryl/α,β-unsaturated/α-hetero) is 1. The van der Waals surface area contributed by atoms with E-state index in [9.17, 15) is 9.59 Å². The number of hydrogen-bond donors (Lipinski definition) is 1. The van der Waals surface area contributed by atoms with Crippen molar-refractivity contribution >= 4 is 11.8 Å². The molecule has 4 rings (SSSR count). The number of carboxylic acids is 1. The summed E-state index contributed by atoms with van der Waals surface area (Å²) in [7, 11) is 0. The van der Waals surface area contributed by atoms with E-state index in [1.807, 2.05) is 12.3 Å². The number of ketones is 1. The molecular formula is C26H38N2O4. The highest BCUT2D eigenvalue weighted by atomic mass is 16.5. The molecule has 2 saturated heterocycles. The van der Waals surface area contributed by atoms with Crippen LogP contribution < -0.4 is 0 Å². The van der Waals surface area contributed by atoms with Crippen molar-refractivity contribution in [1.82, 2.24) is 9.55 Å². The molecule has 32 heavy (non-hydrogen) atoms. The van der Waals surface area contributed by atoms with Crippen LogP contribution in [-0.2, 0) is 16.1 Å². The van der Waals surface area contributed by atoms with Crippen molar-refractivity contribution in [1.29, 1.82) is 0 Å². The van der Waals surface area contributed by atoms with Crippen LogP contribution >= 0.6 is 0 Å². The number of carbonyl (C=O) groups is 2. The number of aliphatic carboxylic acids is 1. The van der Waals surface area contributed by atoms with Crippen LogP contribution in [0.5, 0.6) is 0 Å². The average molecular weight is 443 g/mol. The highest BCUT2D eigenvalue weighted by Gasteiger charge is 2.48. The number of imidazole rings is 1. The monoisotopic (exact) mass is 442 g/mol. The smallest absolute Gasteiger partial charge is 0.303 e. The molecule has 176 valence electrons. The third kappa shape index (κ3) is 6.09. The molecule has 6 heteroatoms. The summed E-state index contributed by atoms with van der Waals surface area (Å²) < 4.78 is 8.27. The van der Waals surface area contributed by atoms with Gasteiger partial charge in [0.2, 0.25) is 0 Å². The van der Waals surface area contributed by atoms with Gasteiger partial charge in [-0.25, -0.2) is 4.98 Å². The molecule has 0 radical (unpaired) electrons. The minimum Gasteiger partial charge on any atom is -0.481 e. The van der Waals surface area contributed by atoms with E-state index >= 15 is 0 Å². The maximum absolute atomic E-state index is 12.6. The van der Waals surface area contributed by atoms with Gasteiger partial charge in [0.25, 0.3) is 0 Å². The number of allylic oxidation sites excluding steroid dienone is 2. The highest BCUT2D eigenvalue weighted by molar-refractivity contribution is 5.93. The Hall–Kier alpha value is -1.95. The van der Waals surface area contributed by atoms with Crippen molar-refractivity contribution in [2.24, 2.45) is 17.8 Å². The summed E-state index contributed by atoms with van der Waals surface area (Å²) in [6, 6.07) is 0. The summed E-state index contributed by atoms with van der Waals surface area (Å²) in [5.41, 5.74) is 0.600. The molecule has 6 nitrogen and oxygen atoms in total. The van der Waals surface area contributed by atoms with E-state index in [2.05, 4.69) is 15.6 Å². The minimum absolute atomic E-state index is 0.168. The lowest BCUT2D eigenvalue weighted by Crippen LogP contribution is -2.30. The van der Waals surface area contributed by atoms with Crippen molar-refractivity contribution in [2.75, 3.05) is 0 Å². The van der Waals surface area contributed by atoms with Crippen LogP contribution in [0.4, 0.5) is 0 Å². The normalized spacial score (nSPS) is 28.0. The number of ether oxygens (including phenoxy) is 1. The largest absolute Gasteiger partial charge is 0.481 e. The van der Waals surface area contributed by atoms with Crippen molar-refractivity contribution in [3.63, 3.8) is 0 Å². The van der Waals surface area contributed by atoms with Crippen LogP contribution in [0.3, 0.4) is 0 Å². The molecule has 3 fully saturated rings. The van der Waals surface area contributed by atoms with Gasteiger partial charge in [-0.15, -0.1) is 0 Å². The summed E-state index contributed by atoms with van der Waals surface area (Å²) in [6.45, 7) is 0.831. The first-order valence-electron chi connectivity index (χ1n) is 12.7. The van der Waals surface area contributed by atoms with Crippen molar-refractivity contribution in [3.05, 3.63) is 30.4 Å². The molecule has 1 saturated carbocycles. The van der Waals surface area contributed by atoms with E-state index in [1.165, 1.54) is 38.5 Å².